The zero-order chi connectivity index (χ0) is 19.7. The van der Waals surface area contributed by atoms with E-state index in [9.17, 15) is 0 Å². The summed E-state index contributed by atoms with van der Waals surface area (Å²) < 4.78 is 18.1. The molecule has 0 amide bonds. The number of nitrogens with two attached hydrogens (primary N) is 1. The van der Waals surface area contributed by atoms with Crippen LogP contribution < -0.4 is 10.5 Å². The van der Waals surface area contributed by atoms with Gasteiger partial charge in [0.2, 0.25) is 0 Å². The Balaban J connectivity index is 1.73. The molecule has 2 N–H and O–H groups in total. The summed E-state index contributed by atoms with van der Waals surface area (Å²) in [5.41, 5.74) is 7.71. The molecule has 2 aromatic rings. The maximum absolute atomic E-state index is 6.13. The van der Waals surface area contributed by atoms with E-state index in [0.717, 1.165) is 22.5 Å². The van der Waals surface area contributed by atoms with Gasteiger partial charge in [-0.2, -0.15) is 12.6 Å². The fourth-order valence-electron chi connectivity index (χ4n) is 2.70. The van der Waals surface area contributed by atoms with Gasteiger partial charge in [0, 0.05) is 11.4 Å². The number of thiol groups is 1. The van der Waals surface area contributed by atoms with E-state index in [0.29, 0.717) is 11.4 Å². The van der Waals surface area contributed by atoms with Crippen molar-refractivity contribution in [1.82, 2.24) is 0 Å². The highest BCUT2D eigenvalue weighted by Gasteiger charge is 2.52. The van der Waals surface area contributed by atoms with Gasteiger partial charge in [-0.25, -0.2) is 0 Å². The van der Waals surface area contributed by atoms with Gasteiger partial charge in [-0.3, -0.25) is 0 Å². The van der Waals surface area contributed by atoms with E-state index in [-0.39, 0.29) is 11.2 Å². The molecule has 4 nitrogen and oxygen atoms in total. The second kappa shape index (κ2) is 7.62. The fourth-order valence-corrected chi connectivity index (χ4v) is 2.94. The first-order chi connectivity index (χ1) is 12.7. The van der Waals surface area contributed by atoms with Gasteiger partial charge >= 0.3 is 7.12 Å². The van der Waals surface area contributed by atoms with E-state index < -0.39 is 7.12 Å². The van der Waals surface area contributed by atoms with Crippen LogP contribution in [0.5, 0.6) is 11.5 Å². The second-order valence-electron chi connectivity index (χ2n) is 7.71. The zero-order valence-electron chi connectivity index (χ0n) is 16.2. The van der Waals surface area contributed by atoms with Crippen molar-refractivity contribution in [2.24, 2.45) is 0 Å². The first kappa shape index (κ1) is 19.9. The van der Waals surface area contributed by atoms with Crippen LogP contribution in [0.3, 0.4) is 0 Å². The lowest BCUT2D eigenvalue weighted by atomic mass is 9.78. The molecule has 6 heteroatoms. The third kappa shape index (κ3) is 4.51. The molecule has 142 valence electrons. The molecule has 1 aliphatic heterocycles. The van der Waals surface area contributed by atoms with Crippen molar-refractivity contribution in [1.29, 1.82) is 0 Å². The first-order valence-corrected chi connectivity index (χ1v) is 9.64. The van der Waals surface area contributed by atoms with Crippen LogP contribution in [0.25, 0.3) is 6.08 Å². The van der Waals surface area contributed by atoms with Crippen molar-refractivity contribution in [2.45, 2.75) is 38.9 Å². The summed E-state index contributed by atoms with van der Waals surface area (Å²) in [5.74, 6) is 2.07. The topological polar surface area (TPSA) is 53.7 Å². The number of ether oxygens (including phenoxy) is 1. The highest BCUT2D eigenvalue weighted by Crippen LogP contribution is 2.39. The standard InChI is InChI=1S/C21H26BNO3S/c1-20(2)21(3,4)26-22(25-20)16(14-27)13-15-5-9-18(10-6-15)24-19-11-7-17(23)8-12-19/h5-13,27H,14,23H2,1-4H3. The van der Waals surface area contributed by atoms with Crippen molar-refractivity contribution in [3.63, 3.8) is 0 Å². The van der Waals surface area contributed by atoms with E-state index in [2.05, 4.69) is 18.7 Å². The Morgan fingerprint density at radius 2 is 1.44 bits per heavy atom. The Morgan fingerprint density at radius 3 is 1.93 bits per heavy atom. The van der Waals surface area contributed by atoms with E-state index >= 15 is 0 Å². The summed E-state index contributed by atoms with van der Waals surface area (Å²) in [7, 11) is -0.391. The highest BCUT2D eigenvalue weighted by atomic mass is 32.1. The highest BCUT2D eigenvalue weighted by molar-refractivity contribution is 7.80. The van der Waals surface area contributed by atoms with E-state index in [4.69, 9.17) is 19.8 Å². The molecule has 0 bridgehead atoms. The molecule has 0 unspecified atom stereocenters. The van der Waals surface area contributed by atoms with Crippen LogP contribution in [-0.2, 0) is 9.31 Å². The SMILES string of the molecule is CC1(C)OB(C(=Cc2ccc(Oc3ccc(N)cc3)cc2)CS)OC1(C)C. The monoisotopic (exact) mass is 383 g/mol. The number of rotatable bonds is 5. The van der Waals surface area contributed by atoms with Gasteiger partial charge in [0.05, 0.1) is 11.2 Å². The first-order valence-electron chi connectivity index (χ1n) is 9.01. The zero-order valence-corrected chi connectivity index (χ0v) is 17.1. The molecular formula is C21H26BNO3S. The molecule has 3 rings (SSSR count). The van der Waals surface area contributed by atoms with E-state index in [1.165, 1.54) is 0 Å². The van der Waals surface area contributed by atoms with Gasteiger partial charge in [-0.05, 0) is 75.1 Å². The molecule has 1 heterocycles. The fraction of sp³-hybridized carbons (Fsp3) is 0.333. The molecule has 1 saturated heterocycles. The van der Waals surface area contributed by atoms with Crippen LogP contribution in [0.1, 0.15) is 33.3 Å². The molecule has 0 atom stereocenters. The van der Waals surface area contributed by atoms with Crippen LogP contribution in [0, 0.1) is 0 Å². The Bertz CT molecular complexity index is 800. The van der Waals surface area contributed by atoms with Crippen LogP contribution in [-0.4, -0.2) is 24.1 Å². The predicted molar refractivity (Wildman–Crippen MR) is 115 cm³/mol. The van der Waals surface area contributed by atoms with Crippen LogP contribution in [0.2, 0.25) is 0 Å². The van der Waals surface area contributed by atoms with Gasteiger partial charge in [0.15, 0.2) is 0 Å². The Hall–Kier alpha value is -1.89. The minimum Gasteiger partial charge on any atom is -0.457 e. The summed E-state index contributed by atoms with van der Waals surface area (Å²) >= 11 is 4.47. The summed E-state index contributed by atoms with van der Waals surface area (Å²) in [5, 5.41) is 0. The lowest BCUT2D eigenvalue weighted by molar-refractivity contribution is 0.00578. The minimum absolute atomic E-state index is 0.365. The molecule has 2 aromatic carbocycles. The quantitative estimate of drug-likeness (QED) is 0.433. The van der Waals surface area contributed by atoms with Gasteiger partial charge in [-0.15, -0.1) is 0 Å². The van der Waals surface area contributed by atoms with Crippen molar-refractivity contribution in [3.8, 4) is 11.5 Å². The number of hydrogen-bond acceptors (Lipinski definition) is 5. The predicted octanol–water partition coefficient (Wildman–Crippen LogP) is 5.01. The Labute approximate surface area is 167 Å². The summed E-state index contributed by atoms with van der Waals surface area (Å²) in [4.78, 5) is 0. The number of benzene rings is 2. The van der Waals surface area contributed by atoms with E-state index in [1.54, 1.807) is 0 Å². The lowest BCUT2D eigenvalue weighted by Crippen LogP contribution is -2.41. The molecule has 1 aliphatic rings. The number of anilines is 1. The average Bonchev–Trinajstić information content (AvgIpc) is 2.83. The van der Waals surface area contributed by atoms with Crippen molar-refractivity contribution in [3.05, 3.63) is 59.6 Å². The van der Waals surface area contributed by atoms with E-state index in [1.807, 2.05) is 76.2 Å². The molecule has 0 aliphatic carbocycles. The summed E-state index contributed by atoms with van der Waals surface area (Å²) in [6, 6.07) is 15.2. The van der Waals surface area contributed by atoms with Gasteiger partial charge in [0.25, 0.3) is 0 Å². The maximum atomic E-state index is 6.13. The van der Waals surface area contributed by atoms with Crippen LogP contribution >= 0.6 is 12.6 Å². The van der Waals surface area contributed by atoms with Gasteiger partial charge in [0.1, 0.15) is 11.5 Å². The lowest BCUT2D eigenvalue weighted by Gasteiger charge is -2.32. The van der Waals surface area contributed by atoms with Gasteiger partial charge < -0.3 is 19.8 Å². The third-order valence-corrected chi connectivity index (χ3v) is 5.45. The molecule has 0 saturated carbocycles. The molecular weight excluding hydrogens is 357 g/mol. The molecule has 1 fully saturated rings. The molecule has 0 aromatic heterocycles. The Morgan fingerprint density at radius 1 is 0.963 bits per heavy atom. The average molecular weight is 383 g/mol. The van der Waals surface area contributed by atoms with Crippen molar-refractivity contribution >= 4 is 31.5 Å². The van der Waals surface area contributed by atoms with Gasteiger partial charge in [-0.1, -0.05) is 18.2 Å². The molecule has 27 heavy (non-hydrogen) atoms. The molecule has 0 radical (unpaired) electrons. The third-order valence-electron chi connectivity index (χ3n) is 5.09. The molecule has 0 spiro atoms. The maximum Gasteiger partial charge on any atom is 0.491 e. The van der Waals surface area contributed by atoms with Crippen molar-refractivity contribution < 1.29 is 14.0 Å². The second-order valence-corrected chi connectivity index (χ2v) is 8.02. The van der Waals surface area contributed by atoms with Crippen LogP contribution in [0.4, 0.5) is 5.69 Å². The Kier molecular flexibility index (Phi) is 5.61. The summed E-state index contributed by atoms with van der Waals surface area (Å²) in [6.45, 7) is 8.19. The largest absolute Gasteiger partial charge is 0.491 e. The smallest absolute Gasteiger partial charge is 0.457 e. The normalized spacial score (nSPS) is 18.6. The number of nitrogen functional groups attached to an aromatic ring is 1. The van der Waals surface area contributed by atoms with Crippen molar-refractivity contribution in [2.75, 3.05) is 11.5 Å². The minimum atomic E-state index is -0.391. The van der Waals surface area contributed by atoms with Crippen LogP contribution in [0.15, 0.2) is 54.0 Å². The summed E-state index contributed by atoms with van der Waals surface area (Å²) in [6.07, 6.45) is 2.06. The number of hydrogen-bond donors (Lipinski definition) is 2.